The van der Waals surface area contributed by atoms with E-state index < -0.39 is 5.82 Å². The average molecular weight is 412 g/mol. The molecule has 1 atom stereocenters. The van der Waals surface area contributed by atoms with Crippen LogP contribution in [0.3, 0.4) is 0 Å². The Morgan fingerprint density at radius 2 is 2.28 bits per heavy atom. The van der Waals surface area contributed by atoms with Crippen molar-refractivity contribution in [1.29, 1.82) is 10.7 Å². The fourth-order valence-corrected chi connectivity index (χ4v) is 4.51. The van der Waals surface area contributed by atoms with Gasteiger partial charge in [0.25, 0.3) is 5.91 Å². The van der Waals surface area contributed by atoms with Gasteiger partial charge in [0.2, 0.25) is 0 Å². The fraction of sp³-hybridized carbons (Fsp3) is 0.286. The van der Waals surface area contributed by atoms with Crippen molar-refractivity contribution >= 4 is 29.0 Å². The van der Waals surface area contributed by atoms with Gasteiger partial charge in [-0.1, -0.05) is 6.07 Å². The molecule has 6 nitrogen and oxygen atoms in total. The summed E-state index contributed by atoms with van der Waals surface area (Å²) in [5.41, 5.74) is 7.74. The number of carbonyl (C=O) groups excluding carboxylic acids is 1. The van der Waals surface area contributed by atoms with Crippen molar-refractivity contribution in [3.8, 4) is 17.2 Å². The highest BCUT2D eigenvalue weighted by Crippen LogP contribution is 2.37. The Kier molecular flexibility index (Phi) is 6.42. The van der Waals surface area contributed by atoms with Crippen LogP contribution in [-0.4, -0.2) is 43.2 Å². The molecule has 1 aromatic carbocycles. The molecular formula is C21H22FN5OS. The Hall–Kier alpha value is -3.02. The van der Waals surface area contributed by atoms with Crippen molar-refractivity contribution in [3.05, 3.63) is 51.6 Å². The highest BCUT2D eigenvalue weighted by Gasteiger charge is 2.26. The minimum absolute atomic E-state index is 0.0273. The number of thiophene rings is 1. The number of nitrogens with zero attached hydrogens (tertiary/aromatic N) is 2. The lowest BCUT2D eigenvalue weighted by Gasteiger charge is -2.30. The van der Waals surface area contributed by atoms with Crippen LogP contribution in [-0.2, 0) is 0 Å². The van der Waals surface area contributed by atoms with Gasteiger partial charge < -0.3 is 21.4 Å². The summed E-state index contributed by atoms with van der Waals surface area (Å²) in [4.78, 5) is 16.0. The smallest absolute Gasteiger partial charge is 0.264 e. The third-order valence-corrected chi connectivity index (χ3v) is 5.98. The van der Waals surface area contributed by atoms with Crippen molar-refractivity contribution < 1.29 is 9.18 Å². The Morgan fingerprint density at radius 1 is 1.48 bits per heavy atom. The van der Waals surface area contributed by atoms with Gasteiger partial charge in [-0.25, -0.2) is 4.39 Å². The molecule has 1 unspecified atom stereocenters. The number of nitriles is 1. The molecule has 4 N–H and O–H groups in total. The SMILES string of the molecule is CN/C=C(\C=N)c1sc(C(=O)N2CCCC(N)C2)cc1-c1ccc(C#N)c(F)c1. The lowest BCUT2D eigenvalue weighted by Crippen LogP contribution is -2.45. The number of carbonyl (C=O) groups is 1. The van der Waals surface area contributed by atoms with Crippen LogP contribution in [0.1, 0.15) is 33.0 Å². The summed E-state index contributed by atoms with van der Waals surface area (Å²) in [6.45, 7) is 1.17. The molecule has 1 aliphatic rings. The number of rotatable bonds is 5. The molecule has 2 aromatic rings. The third kappa shape index (κ3) is 4.36. The van der Waals surface area contributed by atoms with Crippen molar-refractivity contribution in [3.63, 3.8) is 0 Å². The predicted molar refractivity (Wildman–Crippen MR) is 113 cm³/mol. The Morgan fingerprint density at radius 3 is 2.90 bits per heavy atom. The lowest BCUT2D eigenvalue weighted by atomic mass is 10.0. The number of hydrogen-bond donors (Lipinski definition) is 3. The predicted octanol–water partition coefficient (Wildman–Crippen LogP) is 3.20. The zero-order valence-corrected chi connectivity index (χ0v) is 16.9. The van der Waals surface area contributed by atoms with Crippen molar-refractivity contribution in [2.45, 2.75) is 18.9 Å². The Bertz CT molecular complexity index is 1010. The molecule has 0 spiro atoms. The van der Waals surface area contributed by atoms with Crippen LogP contribution in [0, 0.1) is 22.6 Å². The summed E-state index contributed by atoms with van der Waals surface area (Å²) >= 11 is 1.27. The molecule has 1 amide bonds. The molecule has 0 radical (unpaired) electrons. The van der Waals surface area contributed by atoms with E-state index in [1.54, 1.807) is 30.3 Å². The Labute approximate surface area is 173 Å². The van der Waals surface area contributed by atoms with Crippen LogP contribution >= 0.6 is 11.3 Å². The number of hydrogen-bond acceptors (Lipinski definition) is 6. The monoisotopic (exact) mass is 411 g/mol. The second-order valence-electron chi connectivity index (χ2n) is 6.85. The van der Waals surface area contributed by atoms with Crippen molar-refractivity contribution in [1.82, 2.24) is 10.2 Å². The van der Waals surface area contributed by atoms with Crippen LogP contribution in [0.25, 0.3) is 16.7 Å². The molecule has 150 valence electrons. The first-order valence-corrected chi connectivity index (χ1v) is 10.1. The van der Waals surface area contributed by atoms with E-state index in [2.05, 4.69) is 5.32 Å². The summed E-state index contributed by atoms with van der Waals surface area (Å²) in [5.74, 6) is -0.730. The second kappa shape index (κ2) is 8.99. The van der Waals surface area contributed by atoms with E-state index in [-0.39, 0.29) is 17.5 Å². The first kappa shape index (κ1) is 20.7. The maximum absolute atomic E-state index is 14.2. The minimum atomic E-state index is -0.619. The average Bonchev–Trinajstić information content (AvgIpc) is 3.16. The van der Waals surface area contributed by atoms with Crippen LogP contribution in [0.15, 0.2) is 30.5 Å². The second-order valence-corrected chi connectivity index (χ2v) is 7.90. The maximum Gasteiger partial charge on any atom is 0.264 e. The first-order valence-electron chi connectivity index (χ1n) is 9.25. The van der Waals surface area contributed by atoms with Gasteiger partial charge in [0.05, 0.1) is 10.4 Å². The number of halogens is 1. The molecule has 3 rings (SSSR count). The van der Waals surface area contributed by atoms with Gasteiger partial charge >= 0.3 is 0 Å². The topological polar surface area (TPSA) is 106 Å². The molecule has 8 heteroatoms. The third-order valence-electron chi connectivity index (χ3n) is 4.81. The number of amides is 1. The maximum atomic E-state index is 14.2. The number of nitrogens with two attached hydrogens (primary N) is 1. The van der Waals surface area contributed by atoms with Gasteiger partial charge in [0, 0.05) is 54.6 Å². The molecule has 29 heavy (non-hydrogen) atoms. The van der Waals surface area contributed by atoms with E-state index in [9.17, 15) is 9.18 Å². The zero-order chi connectivity index (χ0) is 21.0. The molecule has 0 aliphatic carbocycles. The minimum Gasteiger partial charge on any atom is -0.393 e. The summed E-state index contributed by atoms with van der Waals surface area (Å²) in [6, 6.07) is 7.88. The van der Waals surface area contributed by atoms with E-state index >= 15 is 0 Å². The van der Waals surface area contributed by atoms with Gasteiger partial charge in [0.15, 0.2) is 0 Å². The number of allylic oxidation sites excluding steroid dienone is 1. The number of benzene rings is 1. The molecule has 0 bridgehead atoms. The van der Waals surface area contributed by atoms with Gasteiger partial charge in [0.1, 0.15) is 11.9 Å². The number of piperidine rings is 1. The fourth-order valence-electron chi connectivity index (χ4n) is 3.38. The van der Waals surface area contributed by atoms with Crippen LogP contribution < -0.4 is 11.1 Å². The highest BCUT2D eigenvalue weighted by atomic mass is 32.1. The largest absolute Gasteiger partial charge is 0.393 e. The van der Waals surface area contributed by atoms with Gasteiger partial charge in [-0.3, -0.25) is 4.79 Å². The highest BCUT2D eigenvalue weighted by molar-refractivity contribution is 7.16. The molecule has 1 saturated heterocycles. The number of nitrogens with one attached hydrogen (secondary N) is 2. The van der Waals surface area contributed by atoms with Gasteiger partial charge in [-0.2, -0.15) is 5.26 Å². The molecule has 2 heterocycles. The van der Waals surface area contributed by atoms with Gasteiger partial charge in [-0.15, -0.1) is 11.3 Å². The van der Waals surface area contributed by atoms with E-state index in [1.165, 1.54) is 29.7 Å². The van der Waals surface area contributed by atoms with E-state index in [0.29, 0.717) is 39.5 Å². The number of likely N-dealkylation sites (tertiary alicyclic amines) is 1. The molecular weight excluding hydrogens is 389 g/mol. The van der Waals surface area contributed by atoms with E-state index in [0.717, 1.165) is 12.8 Å². The van der Waals surface area contributed by atoms with Crippen LogP contribution in [0.2, 0.25) is 0 Å². The van der Waals surface area contributed by atoms with Crippen molar-refractivity contribution in [2.24, 2.45) is 5.73 Å². The van der Waals surface area contributed by atoms with Crippen LogP contribution in [0.4, 0.5) is 4.39 Å². The lowest BCUT2D eigenvalue weighted by molar-refractivity contribution is 0.0714. The standard InChI is InChI=1S/C21H22FN5OS/c1-26-11-15(10-24)20-17(13-4-5-14(9-23)18(22)7-13)8-19(29-20)21(28)27-6-2-3-16(25)12-27/h4-5,7-8,10-11,16,24,26H,2-3,6,12,25H2,1H3/b15-11+,24-10?. The summed E-state index contributed by atoms with van der Waals surface area (Å²) in [7, 11) is 1.72. The van der Waals surface area contributed by atoms with Gasteiger partial charge in [-0.05, 0) is 36.6 Å². The quantitative estimate of drug-likeness (QED) is 0.657. The normalized spacial score (nSPS) is 17.0. The molecule has 1 fully saturated rings. The van der Waals surface area contributed by atoms with E-state index in [4.69, 9.17) is 16.4 Å². The van der Waals surface area contributed by atoms with Crippen molar-refractivity contribution in [2.75, 3.05) is 20.1 Å². The summed E-state index contributed by atoms with van der Waals surface area (Å²) in [6.07, 6.45) is 4.62. The molecule has 0 saturated carbocycles. The first-order chi connectivity index (χ1) is 14.0. The molecule has 1 aromatic heterocycles. The summed E-state index contributed by atoms with van der Waals surface area (Å²) < 4.78 is 14.2. The van der Waals surface area contributed by atoms with Crippen LogP contribution in [0.5, 0.6) is 0 Å². The molecule has 1 aliphatic heterocycles. The Balaban J connectivity index is 2.08. The summed E-state index contributed by atoms with van der Waals surface area (Å²) in [5, 5.41) is 19.6. The zero-order valence-electron chi connectivity index (χ0n) is 16.0. The van der Waals surface area contributed by atoms with E-state index in [1.807, 2.05) is 6.07 Å².